The minimum atomic E-state index is 0.0514. The predicted octanol–water partition coefficient (Wildman–Crippen LogP) is 2.12. The molecule has 0 saturated heterocycles. The van der Waals surface area contributed by atoms with Crippen LogP contribution in [0.3, 0.4) is 0 Å². The van der Waals surface area contributed by atoms with E-state index < -0.39 is 0 Å². The lowest BCUT2D eigenvalue weighted by Gasteiger charge is -2.00. The third-order valence-electron chi connectivity index (χ3n) is 3.32. The van der Waals surface area contributed by atoms with E-state index in [1.54, 1.807) is 0 Å². The van der Waals surface area contributed by atoms with Crippen LogP contribution in [0.4, 0.5) is 0 Å². The molecule has 4 nitrogen and oxygen atoms in total. The van der Waals surface area contributed by atoms with Gasteiger partial charge in [-0.3, -0.25) is 0 Å². The molecule has 1 aromatic carbocycles. The van der Waals surface area contributed by atoms with Crippen molar-refractivity contribution in [2.24, 2.45) is 5.73 Å². The van der Waals surface area contributed by atoms with Crippen LogP contribution in [0.1, 0.15) is 30.3 Å². The maximum absolute atomic E-state index is 5.72. The van der Waals surface area contributed by atoms with Crippen LogP contribution in [0.2, 0.25) is 0 Å². The summed E-state index contributed by atoms with van der Waals surface area (Å²) < 4.78 is 5.29. The van der Waals surface area contributed by atoms with E-state index in [0.717, 1.165) is 12.0 Å². The van der Waals surface area contributed by atoms with Gasteiger partial charge in [0.25, 0.3) is 5.89 Å². The van der Waals surface area contributed by atoms with E-state index in [1.165, 1.54) is 24.0 Å². The number of nitrogens with two attached hydrogens (primary N) is 1. The first-order valence-electron chi connectivity index (χ1n) is 6.43. The highest BCUT2D eigenvalue weighted by atomic mass is 16.5. The first-order valence-corrected chi connectivity index (χ1v) is 6.43. The van der Waals surface area contributed by atoms with Gasteiger partial charge in [-0.05, 0) is 49.4 Å². The van der Waals surface area contributed by atoms with Gasteiger partial charge in [-0.15, -0.1) is 0 Å². The standard InChI is InChI=1S/C14H17N3O/c1-9(15)7-13-16-14(18-17-13)12-6-5-10-3-2-4-11(10)8-12/h5-6,8-9H,2-4,7,15H2,1H3. The van der Waals surface area contributed by atoms with Crippen LogP contribution >= 0.6 is 0 Å². The number of aryl methyl sites for hydroxylation is 2. The Labute approximate surface area is 106 Å². The second-order valence-corrected chi connectivity index (χ2v) is 5.03. The zero-order valence-electron chi connectivity index (χ0n) is 10.5. The van der Waals surface area contributed by atoms with Gasteiger partial charge in [0.05, 0.1) is 0 Å². The molecule has 4 heteroatoms. The second-order valence-electron chi connectivity index (χ2n) is 5.03. The minimum Gasteiger partial charge on any atom is -0.334 e. The van der Waals surface area contributed by atoms with Gasteiger partial charge >= 0.3 is 0 Å². The van der Waals surface area contributed by atoms with Gasteiger partial charge in [0, 0.05) is 18.0 Å². The van der Waals surface area contributed by atoms with Crippen LogP contribution in [0.15, 0.2) is 22.7 Å². The van der Waals surface area contributed by atoms with E-state index in [2.05, 4.69) is 28.3 Å². The van der Waals surface area contributed by atoms with Crippen molar-refractivity contribution in [3.05, 3.63) is 35.2 Å². The van der Waals surface area contributed by atoms with E-state index in [4.69, 9.17) is 10.3 Å². The average Bonchev–Trinajstić information content (AvgIpc) is 2.95. The Bertz CT molecular complexity index is 560. The summed E-state index contributed by atoms with van der Waals surface area (Å²) in [6.07, 6.45) is 4.24. The zero-order chi connectivity index (χ0) is 12.5. The Morgan fingerprint density at radius 3 is 3.00 bits per heavy atom. The average molecular weight is 243 g/mol. The number of benzene rings is 1. The Morgan fingerprint density at radius 2 is 2.17 bits per heavy atom. The van der Waals surface area contributed by atoms with Gasteiger partial charge in [0.15, 0.2) is 5.82 Å². The molecule has 1 aromatic heterocycles. The highest BCUT2D eigenvalue weighted by molar-refractivity contribution is 5.56. The summed E-state index contributed by atoms with van der Waals surface area (Å²) >= 11 is 0. The smallest absolute Gasteiger partial charge is 0.257 e. The van der Waals surface area contributed by atoms with Gasteiger partial charge in [-0.1, -0.05) is 11.2 Å². The molecule has 0 bridgehead atoms. The third kappa shape index (κ3) is 2.16. The molecule has 1 aliphatic carbocycles. The fourth-order valence-electron chi connectivity index (χ4n) is 2.45. The van der Waals surface area contributed by atoms with Gasteiger partial charge in [0.1, 0.15) is 0 Å². The largest absolute Gasteiger partial charge is 0.334 e. The van der Waals surface area contributed by atoms with Gasteiger partial charge in [-0.2, -0.15) is 4.98 Å². The molecule has 1 heterocycles. The maximum atomic E-state index is 5.72. The number of aromatic nitrogens is 2. The van der Waals surface area contributed by atoms with Crippen molar-refractivity contribution < 1.29 is 4.52 Å². The Kier molecular flexibility index (Phi) is 2.88. The summed E-state index contributed by atoms with van der Waals surface area (Å²) in [6, 6.07) is 6.46. The van der Waals surface area contributed by atoms with Crippen molar-refractivity contribution in [1.29, 1.82) is 0 Å². The second kappa shape index (κ2) is 4.53. The lowest BCUT2D eigenvalue weighted by Crippen LogP contribution is -2.18. The molecule has 2 aromatic rings. The molecule has 0 saturated carbocycles. The quantitative estimate of drug-likeness (QED) is 0.896. The first kappa shape index (κ1) is 11.4. The van der Waals surface area contributed by atoms with E-state index in [9.17, 15) is 0 Å². The molecule has 1 aliphatic rings. The topological polar surface area (TPSA) is 64.9 Å². The SMILES string of the molecule is CC(N)Cc1noc(-c2ccc3c(c2)CCC3)n1. The van der Waals surface area contributed by atoms with Gasteiger partial charge in [-0.25, -0.2) is 0 Å². The summed E-state index contributed by atoms with van der Waals surface area (Å²) in [4.78, 5) is 4.39. The molecule has 1 unspecified atom stereocenters. The van der Waals surface area contributed by atoms with Crippen LogP contribution in [-0.2, 0) is 19.3 Å². The molecule has 0 spiro atoms. The number of hydrogen-bond acceptors (Lipinski definition) is 4. The molecule has 3 rings (SSSR count). The van der Waals surface area contributed by atoms with E-state index >= 15 is 0 Å². The fourth-order valence-corrected chi connectivity index (χ4v) is 2.45. The molecule has 0 aliphatic heterocycles. The highest BCUT2D eigenvalue weighted by Gasteiger charge is 2.15. The van der Waals surface area contributed by atoms with Crippen molar-refractivity contribution >= 4 is 0 Å². The number of nitrogens with zero attached hydrogens (tertiary/aromatic N) is 2. The van der Waals surface area contributed by atoms with Crippen molar-refractivity contribution in [2.45, 2.75) is 38.6 Å². The predicted molar refractivity (Wildman–Crippen MR) is 69.1 cm³/mol. The lowest BCUT2D eigenvalue weighted by atomic mass is 10.1. The minimum absolute atomic E-state index is 0.0514. The number of rotatable bonds is 3. The Morgan fingerprint density at radius 1 is 1.33 bits per heavy atom. The first-order chi connectivity index (χ1) is 8.72. The van der Waals surface area contributed by atoms with Crippen LogP contribution < -0.4 is 5.73 Å². The molecule has 0 radical (unpaired) electrons. The van der Waals surface area contributed by atoms with Crippen LogP contribution in [0, 0.1) is 0 Å². The summed E-state index contributed by atoms with van der Waals surface area (Å²) in [7, 11) is 0. The highest BCUT2D eigenvalue weighted by Crippen LogP contribution is 2.27. The van der Waals surface area contributed by atoms with Crippen LogP contribution in [0.5, 0.6) is 0 Å². The van der Waals surface area contributed by atoms with Crippen molar-refractivity contribution in [1.82, 2.24) is 10.1 Å². The Hall–Kier alpha value is -1.68. The Balaban J connectivity index is 1.88. The normalized spacial score (nSPS) is 15.7. The van der Waals surface area contributed by atoms with E-state index in [-0.39, 0.29) is 6.04 Å². The third-order valence-corrected chi connectivity index (χ3v) is 3.32. The van der Waals surface area contributed by atoms with Crippen LogP contribution in [0.25, 0.3) is 11.5 Å². The maximum Gasteiger partial charge on any atom is 0.257 e. The molecule has 1 atom stereocenters. The summed E-state index contributed by atoms with van der Waals surface area (Å²) in [5, 5.41) is 3.96. The van der Waals surface area contributed by atoms with Crippen molar-refractivity contribution in [3.8, 4) is 11.5 Å². The van der Waals surface area contributed by atoms with Crippen molar-refractivity contribution in [2.75, 3.05) is 0 Å². The summed E-state index contributed by atoms with van der Waals surface area (Å²) in [5.74, 6) is 1.28. The molecule has 0 fully saturated rings. The summed E-state index contributed by atoms with van der Waals surface area (Å²) in [5.41, 5.74) is 9.61. The van der Waals surface area contributed by atoms with Crippen molar-refractivity contribution in [3.63, 3.8) is 0 Å². The molecule has 0 amide bonds. The molecule has 2 N–H and O–H groups in total. The fraction of sp³-hybridized carbons (Fsp3) is 0.429. The summed E-state index contributed by atoms with van der Waals surface area (Å²) in [6.45, 7) is 1.94. The van der Waals surface area contributed by atoms with Gasteiger partial charge in [0.2, 0.25) is 0 Å². The molecule has 94 valence electrons. The molecular weight excluding hydrogens is 226 g/mol. The van der Waals surface area contributed by atoms with E-state index in [1.807, 2.05) is 6.92 Å². The molecular formula is C14H17N3O. The zero-order valence-corrected chi connectivity index (χ0v) is 10.5. The van der Waals surface area contributed by atoms with Crippen LogP contribution in [-0.4, -0.2) is 16.2 Å². The number of hydrogen-bond donors (Lipinski definition) is 1. The van der Waals surface area contributed by atoms with E-state index in [0.29, 0.717) is 18.1 Å². The lowest BCUT2D eigenvalue weighted by molar-refractivity contribution is 0.420. The molecule has 18 heavy (non-hydrogen) atoms. The van der Waals surface area contributed by atoms with Gasteiger partial charge < -0.3 is 10.3 Å². The monoisotopic (exact) mass is 243 g/mol. The number of fused-ring (bicyclic) bond motifs is 1.